The van der Waals surface area contributed by atoms with E-state index in [2.05, 4.69) is 10.6 Å². The molecule has 1 aromatic rings. The van der Waals surface area contributed by atoms with Gasteiger partial charge in [-0.15, -0.1) is 0 Å². The Kier molecular flexibility index (Phi) is 4.98. The average Bonchev–Trinajstić information content (AvgIpc) is 2.35. The van der Waals surface area contributed by atoms with Gasteiger partial charge in [-0.1, -0.05) is 0 Å². The predicted octanol–water partition coefficient (Wildman–Crippen LogP) is -1.65. The van der Waals surface area contributed by atoms with Crippen LogP contribution in [0.25, 0.3) is 0 Å². The van der Waals surface area contributed by atoms with Crippen LogP contribution in [0.15, 0.2) is 29.2 Å². The number of nitrogens with one attached hydrogen (secondary N) is 2. The molecule has 0 unspecified atom stereocenters. The van der Waals surface area contributed by atoms with Crippen LogP contribution in [0.5, 0.6) is 0 Å². The predicted molar refractivity (Wildman–Crippen MR) is 68.5 cm³/mol. The minimum absolute atomic E-state index is 0.0851. The van der Waals surface area contributed by atoms with Gasteiger partial charge in [-0.3, -0.25) is 9.59 Å². The zero-order valence-corrected chi connectivity index (χ0v) is 10.7. The summed E-state index contributed by atoms with van der Waals surface area (Å²) >= 11 is 0. The number of anilines is 1. The van der Waals surface area contributed by atoms with Crippen molar-refractivity contribution >= 4 is 27.5 Å². The van der Waals surface area contributed by atoms with Crippen molar-refractivity contribution in [2.24, 2.45) is 10.9 Å². The Bertz CT molecular complexity index is 568. The monoisotopic (exact) mass is 286 g/mol. The van der Waals surface area contributed by atoms with Crippen molar-refractivity contribution in [3.8, 4) is 0 Å². The lowest BCUT2D eigenvalue weighted by molar-refractivity contribution is -0.136. The zero-order valence-electron chi connectivity index (χ0n) is 9.92. The van der Waals surface area contributed by atoms with Gasteiger partial charge in [-0.05, 0) is 24.3 Å². The van der Waals surface area contributed by atoms with Crippen LogP contribution in [0.4, 0.5) is 5.69 Å². The number of primary sulfonamides is 1. The Morgan fingerprint density at radius 3 is 2.16 bits per heavy atom. The van der Waals surface area contributed by atoms with Gasteiger partial charge in [0.15, 0.2) is 0 Å². The van der Waals surface area contributed by atoms with E-state index in [1.807, 2.05) is 0 Å². The van der Waals surface area contributed by atoms with E-state index in [1.165, 1.54) is 24.3 Å². The van der Waals surface area contributed by atoms with Crippen LogP contribution in [0.3, 0.4) is 0 Å². The molecule has 104 valence electrons. The Hall–Kier alpha value is -1.97. The molecule has 0 heterocycles. The molecule has 0 aromatic heterocycles. The fourth-order valence-corrected chi connectivity index (χ4v) is 1.70. The second-order valence-corrected chi connectivity index (χ2v) is 5.13. The van der Waals surface area contributed by atoms with Crippen LogP contribution in [0.2, 0.25) is 0 Å². The number of sulfonamides is 1. The molecule has 0 aliphatic rings. The van der Waals surface area contributed by atoms with Crippen molar-refractivity contribution in [3.05, 3.63) is 24.3 Å². The number of nitrogens with two attached hydrogens (primary N) is 2. The first kappa shape index (κ1) is 15.1. The number of rotatable bonds is 4. The summed E-state index contributed by atoms with van der Waals surface area (Å²) in [6.45, 7) is 0.415. The van der Waals surface area contributed by atoms with E-state index in [0.717, 1.165) is 0 Å². The molecule has 19 heavy (non-hydrogen) atoms. The van der Waals surface area contributed by atoms with E-state index in [4.69, 9.17) is 10.9 Å². The standard InChI is InChI=1S/C10H14N4O4S/c11-5-6-13-9(15)10(16)14-7-1-3-8(4-2-7)19(12,17)18/h1-4H,5-6,11H2,(H,13,15)(H,14,16)(H2,12,17,18). The smallest absolute Gasteiger partial charge is 0.313 e. The highest BCUT2D eigenvalue weighted by Crippen LogP contribution is 2.12. The SMILES string of the molecule is NCCNC(=O)C(=O)Nc1ccc(S(N)(=O)=O)cc1. The van der Waals surface area contributed by atoms with Crippen molar-refractivity contribution in [2.75, 3.05) is 18.4 Å². The third-order valence-electron chi connectivity index (χ3n) is 2.08. The maximum atomic E-state index is 11.4. The van der Waals surface area contributed by atoms with Crippen molar-refractivity contribution < 1.29 is 18.0 Å². The van der Waals surface area contributed by atoms with Crippen molar-refractivity contribution in [3.63, 3.8) is 0 Å². The Morgan fingerprint density at radius 2 is 1.68 bits per heavy atom. The van der Waals surface area contributed by atoms with Gasteiger partial charge in [0.05, 0.1) is 4.90 Å². The highest BCUT2D eigenvalue weighted by atomic mass is 32.2. The molecule has 0 saturated carbocycles. The maximum absolute atomic E-state index is 11.4. The third kappa shape index (κ3) is 4.66. The number of amides is 2. The molecule has 6 N–H and O–H groups in total. The summed E-state index contributed by atoms with van der Waals surface area (Å²) in [6.07, 6.45) is 0. The Labute approximate surface area is 110 Å². The molecule has 1 aromatic carbocycles. The molecule has 9 heteroatoms. The van der Waals surface area contributed by atoms with Gasteiger partial charge in [-0.25, -0.2) is 13.6 Å². The molecule has 0 fully saturated rings. The first-order valence-electron chi connectivity index (χ1n) is 5.26. The van der Waals surface area contributed by atoms with Crippen LogP contribution in [0, 0.1) is 0 Å². The number of benzene rings is 1. The first-order chi connectivity index (χ1) is 8.84. The average molecular weight is 286 g/mol. The van der Waals surface area contributed by atoms with Crippen molar-refractivity contribution in [2.45, 2.75) is 4.90 Å². The number of hydrogen-bond acceptors (Lipinski definition) is 5. The lowest BCUT2D eigenvalue weighted by atomic mass is 10.3. The summed E-state index contributed by atoms with van der Waals surface area (Å²) in [7, 11) is -3.78. The molecule has 0 spiro atoms. The van der Waals surface area contributed by atoms with Crippen molar-refractivity contribution in [1.82, 2.24) is 5.32 Å². The number of carbonyl (C=O) groups excluding carboxylic acids is 2. The second kappa shape index (κ2) is 6.27. The van der Waals surface area contributed by atoms with Gasteiger partial charge in [0, 0.05) is 18.8 Å². The zero-order chi connectivity index (χ0) is 14.5. The fraction of sp³-hybridized carbons (Fsp3) is 0.200. The van der Waals surface area contributed by atoms with Gasteiger partial charge < -0.3 is 16.4 Å². The lowest BCUT2D eigenvalue weighted by Gasteiger charge is -2.06. The number of hydrogen-bond donors (Lipinski definition) is 4. The van der Waals surface area contributed by atoms with E-state index < -0.39 is 21.8 Å². The lowest BCUT2D eigenvalue weighted by Crippen LogP contribution is -2.37. The highest BCUT2D eigenvalue weighted by molar-refractivity contribution is 7.89. The molecule has 0 aliphatic heterocycles. The summed E-state index contributed by atoms with van der Waals surface area (Å²) in [5.74, 6) is -1.68. The van der Waals surface area contributed by atoms with Crippen LogP contribution in [-0.2, 0) is 19.6 Å². The third-order valence-corrected chi connectivity index (χ3v) is 3.01. The molecule has 0 radical (unpaired) electrons. The summed E-state index contributed by atoms with van der Waals surface area (Å²) in [4.78, 5) is 22.5. The summed E-state index contributed by atoms with van der Waals surface area (Å²) in [5.41, 5.74) is 5.45. The summed E-state index contributed by atoms with van der Waals surface area (Å²) in [6, 6.07) is 5.10. The largest absolute Gasteiger partial charge is 0.347 e. The summed E-state index contributed by atoms with van der Waals surface area (Å²) < 4.78 is 22.0. The quantitative estimate of drug-likeness (QED) is 0.490. The first-order valence-corrected chi connectivity index (χ1v) is 6.81. The molecule has 0 saturated heterocycles. The van der Waals surface area contributed by atoms with Crippen LogP contribution in [-0.4, -0.2) is 33.3 Å². The Balaban J connectivity index is 2.68. The molecule has 0 aliphatic carbocycles. The van der Waals surface area contributed by atoms with Gasteiger partial charge in [-0.2, -0.15) is 0 Å². The molecule has 1 rings (SSSR count). The molecular weight excluding hydrogens is 272 g/mol. The van der Waals surface area contributed by atoms with Crippen LogP contribution >= 0.6 is 0 Å². The van der Waals surface area contributed by atoms with Gasteiger partial charge in [0.1, 0.15) is 0 Å². The normalized spacial score (nSPS) is 10.8. The molecular formula is C10H14N4O4S. The highest BCUT2D eigenvalue weighted by Gasteiger charge is 2.13. The van der Waals surface area contributed by atoms with E-state index in [0.29, 0.717) is 0 Å². The van der Waals surface area contributed by atoms with E-state index in [9.17, 15) is 18.0 Å². The Morgan fingerprint density at radius 1 is 1.11 bits per heavy atom. The minimum Gasteiger partial charge on any atom is -0.347 e. The topological polar surface area (TPSA) is 144 Å². The second-order valence-electron chi connectivity index (χ2n) is 3.57. The summed E-state index contributed by atoms with van der Waals surface area (Å²) in [5, 5.41) is 9.52. The van der Waals surface area contributed by atoms with E-state index in [-0.39, 0.29) is 23.7 Å². The van der Waals surface area contributed by atoms with E-state index >= 15 is 0 Å². The minimum atomic E-state index is -3.78. The fourth-order valence-electron chi connectivity index (χ4n) is 1.18. The van der Waals surface area contributed by atoms with Gasteiger partial charge >= 0.3 is 11.8 Å². The van der Waals surface area contributed by atoms with E-state index in [1.54, 1.807) is 0 Å². The molecule has 8 nitrogen and oxygen atoms in total. The van der Waals surface area contributed by atoms with Gasteiger partial charge in [0.25, 0.3) is 0 Å². The van der Waals surface area contributed by atoms with Crippen LogP contribution < -0.4 is 21.5 Å². The number of carbonyl (C=O) groups is 2. The maximum Gasteiger partial charge on any atom is 0.313 e. The molecule has 0 bridgehead atoms. The molecule has 2 amide bonds. The van der Waals surface area contributed by atoms with Gasteiger partial charge in [0.2, 0.25) is 10.0 Å². The molecule has 0 atom stereocenters. The van der Waals surface area contributed by atoms with Crippen LogP contribution in [0.1, 0.15) is 0 Å². The van der Waals surface area contributed by atoms with Crippen molar-refractivity contribution in [1.29, 1.82) is 0 Å².